The second kappa shape index (κ2) is 9.81. The summed E-state index contributed by atoms with van der Waals surface area (Å²) in [5.41, 5.74) is 7.38. The van der Waals surface area contributed by atoms with Gasteiger partial charge in [0.25, 0.3) is 5.91 Å². The summed E-state index contributed by atoms with van der Waals surface area (Å²) in [6.45, 7) is 5.85. The molecule has 1 aromatic rings. The number of anilines is 1. The second-order valence-electron chi connectivity index (χ2n) is 6.78. The molecule has 1 aliphatic heterocycles. The standard InChI is InChI=1S/C20H26N2O7/c1-12-7-14(11-29-13(2)23)22(10-12)20(26)15-8-17(27-3)18(9-16(15)21)28-6-4-5-19(24)25/h8-9,14H,1,4-7,10-11,21H2,2-3H3,(H,24,25)/t14-/m0/s1. The number of likely N-dealkylation sites (tertiary alicyclic amines) is 1. The Kier molecular flexibility index (Phi) is 7.46. The van der Waals surface area contributed by atoms with Gasteiger partial charge in [0.15, 0.2) is 11.5 Å². The number of ether oxygens (including phenoxy) is 3. The van der Waals surface area contributed by atoms with Gasteiger partial charge in [-0.3, -0.25) is 14.4 Å². The maximum atomic E-state index is 13.1. The molecule has 1 fully saturated rings. The van der Waals surface area contributed by atoms with Gasteiger partial charge in [0.1, 0.15) is 6.61 Å². The van der Waals surface area contributed by atoms with E-state index in [1.54, 1.807) is 4.90 Å². The summed E-state index contributed by atoms with van der Waals surface area (Å²) >= 11 is 0. The zero-order chi connectivity index (χ0) is 21.6. The fraction of sp³-hybridized carbons (Fsp3) is 0.450. The smallest absolute Gasteiger partial charge is 0.303 e. The van der Waals surface area contributed by atoms with E-state index in [4.69, 9.17) is 25.1 Å². The highest BCUT2D eigenvalue weighted by Crippen LogP contribution is 2.34. The Hall–Kier alpha value is -3.23. The van der Waals surface area contributed by atoms with Crippen LogP contribution >= 0.6 is 0 Å². The molecule has 0 spiro atoms. The van der Waals surface area contributed by atoms with Gasteiger partial charge < -0.3 is 30.0 Å². The average molecular weight is 406 g/mol. The van der Waals surface area contributed by atoms with Crippen LogP contribution in [0.25, 0.3) is 0 Å². The molecule has 29 heavy (non-hydrogen) atoms. The third kappa shape index (κ3) is 5.87. The number of carbonyl (C=O) groups is 3. The van der Waals surface area contributed by atoms with Crippen molar-refractivity contribution in [1.82, 2.24) is 4.90 Å². The molecule has 0 saturated carbocycles. The number of hydrogen-bond acceptors (Lipinski definition) is 7. The van der Waals surface area contributed by atoms with Gasteiger partial charge in [-0.1, -0.05) is 12.2 Å². The van der Waals surface area contributed by atoms with Crippen molar-refractivity contribution < 1.29 is 33.7 Å². The van der Waals surface area contributed by atoms with E-state index in [2.05, 4.69) is 6.58 Å². The highest BCUT2D eigenvalue weighted by molar-refractivity contribution is 6.00. The van der Waals surface area contributed by atoms with Crippen molar-refractivity contribution in [2.24, 2.45) is 0 Å². The Morgan fingerprint density at radius 2 is 2.03 bits per heavy atom. The molecule has 0 aromatic heterocycles. The molecule has 0 radical (unpaired) electrons. The van der Waals surface area contributed by atoms with Crippen LogP contribution in [0.1, 0.15) is 36.5 Å². The van der Waals surface area contributed by atoms with E-state index in [9.17, 15) is 14.4 Å². The topological polar surface area (TPSA) is 128 Å². The van der Waals surface area contributed by atoms with Gasteiger partial charge in [0, 0.05) is 31.6 Å². The van der Waals surface area contributed by atoms with E-state index in [-0.39, 0.29) is 42.8 Å². The lowest BCUT2D eigenvalue weighted by molar-refractivity contribution is -0.142. The largest absolute Gasteiger partial charge is 0.493 e. The molecule has 1 amide bonds. The van der Waals surface area contributed by atoms with Crippen LogP contribution in [0.2, 0.25) is 0 Å². The first-order valence-corrected chi connectivity index (χ1v) is 9.16. The SMILES string of the molecule is C=C1C[C@@H](COC(C)=O)N(C(=O)c2cc(OC)c(OCCCC(=O)O)cc2N)C1. The molecule has 1 saturated heterocycles. The van der Waals surface area contributed by atoms with Crippen LogP contribution in [0.15, 0.2) is 24.3 Å². The minimum absolute atomic E-state index is 0.0169. The molecule has 9 nitrogen and oxygen atoms in total. The van der Waals surface area contributed by atoms with Crippen molar-refractivity contribution in [3.8, 4) is 11.5 Å². The van der Waals surface area contributed by atoms with Crippen molar-refractivity contribution in [3.63, 3.8) is 0 Å². The van der Waals surface area contributed by atoms with Gasteiger partial charge in [-0.05, 0) is 18.9 Å². The molecule has 9 heteroatoms. The Bertz CT molecular complexity index is 806. The molecule has 158 valence electrons. The second-order valence-corrected chi connectivity index (χ2v) is 6.78. The summed E-state index contributed by atoms with van der Waals surface area (Å²) in [5.74, 6) is -1.01. The van der Waals surface area contributed by atoms with E-state index in [1.807, 2.05) is 0 Å². The molecule has 1 aliphatic rings. The number of aliphatic carboxylic acids is 1. The number of hydrogen-bond donors (Lipinski definition) is 2. The number of methoxy groups -OCH3 is 1. The summed E-state index contributed by atoms with van der Waals surface area (Å²) in [6, 6.07) is 2.67. The molecular weight excluding hydrogens is 380 g/mol. The van der Waals surface area contributed by atoms with Crippen LogP contribution in [0, 0.1) is 0 Å². The summed E-state index contributed by atoms with van der Waals surface area (Å²) in [5, 5.41) is 8.69. The number of carboxylic acids is 1. The number of carboxylic acid groups (broad SMARTS) is 1. The van der Waals surface area contributed by atoms with E-state index < -0.39 is 11.9 Å². The number of nitrogens with two attached hydrogens (primary N) is 1. The maximum Gasteiger partial charge on any atom is 0.303 e. The number of benzene rings is 1. The third-order valence-corrected chi connectivity index (χ3v) is 4.46. The number of amides is 1. The highest BCUT2D eigenvalue weighted by Gasteiger charge is 2.33. The molecule has 0 unspecified atom stereocenters. The van der Waals surface area contributed by atoms with E-state index in [1.165, 1.54) is 26.2 Å². The summed E-state index contributed by atoms with van der Waals surface area (Å²) in [4.78, 5) is 36.4. The Morgan fingerprint density at radius 3 is 2.66 bits per heavy atom. The lowest BCUT2D eigenvalue weighted by Gasteiger charge is -2.25. The lowest BCUT2D eigenvalue weighted by Crippen LogP contribution is -2.39. The fourth-order valence-corrected chi connectivity index (χ4v) is 3.07. The number of nitrogen functional groups attached to an aromatic ring is 1. The fourth-order valence-electron chi connectivity index (χ4n) is 3.07. The van der Waals surface area contributed by atoms with Gasteiger partial charge >= 0.3 is 11.9 Å². The molecule has 1 heterocycles. The zero-order valence-corrected chi connectivity index (χ0v) is 16.6. The molecule has 1 atom stereocenters. The van der Waals surface area contributed by atoms with Gasteiger partial charge in [-0.25, -0.2) is 0 Å². The normalized spacial score (nSPS) is 15.9. The number of carbonyl (C=O) groups excluding carboxylic acids is 2. The first kappa shape index (κ1) is 22.1. The van der Waals surface area contributed by atoms with Crippen molar-refractivity contribution in [1.29, 1.82) is 0 Å². The number of nitrogens with zero attached hydrogens (tertiary/aromatic N) is 1. The lowest BCUT2D eigenvalue weighted by atomic mass is 10.1. The summed E-state index contributed by atoms with van der Waals surface area (Å²) in [6.07, 6.45) is 0.852. The van der Waals surface area contributed by atoms with Gasteiger partial charge in [-0.15, -0.1) is 0 Å². The molecule has 1 aromatic carbocycles. The third-order valence-electron chi connectivity index (χ3n) is 4.46. The van der Waals surface area contributed by atoms with E-state index in [0.717, 1.165) is 5.57 Å². The Labute approximate surface area is 169 Å². The van der Waals surface area contributed by atoms with Crippen LogP contribution in [-0.4, -0.2) is 60.8 Å². The first-order valence-electron chi connectivity index (χ1n) is 9.16. The van der Waals surface area contributed by atoms with Crippen molar-refractivity contribution >= 4 is 23.5 Å². The van der Waals surface area contributed by atoms with Crippen LogP contribution in [-0.2, 0) is 14.3 Å². The highest BCUT2D eigenvalue weighted by atomic mass is 16.5. The van der Waals surface area contributed by atoms with Crippen LogP contribution in [0.4, 0.5) is 5.69 Å². The predicted octanol–water partition coefficient (Wildman–Crippen LogP) is 1.85. The molecule has 3 N–H and O–H groups in total. The van der Waals surface area contributed by atoms with E-state index >= 15 is 0 Å². The first-order chi connectivity index (χ1) is 13.7. The molecule has 0 aliphatic carbocycles. The molecule has 2 rings (SSSR count). The van der Waals surface area contributed by atoms with Gasteiger partial charge in [-0.2, -0.15) is 0 Å². The zero-order valence-electron chi connectivity index (χ0n) is 16.6. The van der Waals surface area contributed by atoms with E-state index in [0.29, 0.717) is 30.9 Å². The minimum atomic E-state index is -0.906. The Balaban J connectivity index is 2.17. The van der Waals surface area contributed by atoms with Crippen molar-refractivity contribution in [2.45, 2.75) is 32.2 Å². The number of esters is 1. The average Bonchev–Trinajstić information content (AvgIpc) is 3.03. The maximum absolute atomic E-state index is 13.1. The Morgan fingerprint density at radius 1 is 1.31 bits per heavy atom. The summed E-state index contributed by atoms with van der Waals surface area (Å²) in [7, 11) is 1.44. The predicted molar refractivity (Wildman–Crippen MR) is 105 cm³/mol. The van der Waals surface area contributed by atoms with Crippen molar-refractivity contribution in [3.05, 3.63) is 29.8 Å². The van der Waals surface area contributed by atoms with Gasteiger partial charge in [0.05, 0.1) is 25.3 Å². The minimum Gasteiger partial charge on any atom is -0.493 e. The molecule has 0 bridgehead atoms. The monoisotopic (exact) mass is 406 g/mol. The summed E-state index contributed by atoms with van der Waals surface area (Å²) < 4.78 is 15.9. The van der Waals surface area contributed by atoms with Crippen LogP contribution < -0.4 is 15.2 Å². The van der Waals surface area contributed by atoms with Crippen LogP contribution in [0.5, 0.6) is 11.5 Å². The van der Waals surface area contributed by atoms with Gasteiger partial charge in [0.2, 0.25) is 0 Å². The van der Waals surface area contributed by atoms with Crippen molar-refractivity contribution in [2.75, 3.05) is 32.6 Å². The quantitative estimate of drug-likeness (QED) is 0.275. The van der Waals surface area contributed by atoms with Crippen LogP contribution in [0.3, 0.4) is 0 Å². The number of rotatable bonds is 9. The molecular formula is C20H26N2O7.